The summed E-state index contributed by atoms with van der Waals surface area (Å²) in [5.74, 6) is -1.62. The van der Waals surface area contributed by atoms with E-state index >= 15 is 0 Å². The number of carbonyl (C=O) groups is 1. The van der Waals surface area contributed by atoms with Crippen LogP contribution in [0.1, 0.15) is 55.4 Å². The fourth-order valence-corrected chi connectivity index (χ4v) is 3.63. The van der Waals surface area contributed by atoms with Crippen LogP contribution in [0.2, 0.25) is 0 Å². The number of nitrogens with one attached hydrogen (secondary N) is 1. The minimum atomic E-state index is -4.52. The van der Waals surface area contributed by atoms with Crippen molar-refractivity contribution in [3.63, 3.8) is 0 Å². The Hall–Kier alpha value is -4.09. The van der Waals surface area contributed by atoms with Crippen LogP contribution in [0.5, 0.6) is 0 Å². The summed E-state index contributed by atoms with van der Waals surface area (Å²) in [6.07, 6.45) is -0.131. The van der Waals surface area contributed by atoms with Crippen LogP contribution in [-0.4, -0.2) is 41.4 Å². The second kappa shape index (κ2) is 9.41. The van der Waals surface area contributed by atoms with Gasteiger partial charge in [0.1, 0.15) is 29.7 Å². The van der Waals surface area contributed by atoms with Crippen molar-refractivity contribution in [2.75, 3.05) is 5.32 Å². The zero-order valence-corrected chi connectivity index (χ0v) is 20.8. The molecule has 3 aromatic heterocycles. The number of aromatic nitrogens is 6. The van der Waals surface area contributed by atoms with Gasteiger partial charge in [0.25, 0.3) is 5.91 Å². The van der Waals surface area contributed by atoms with Crippen molar-refractivity contribution in [2.24, 2.45) is 0 Å². The Bertz CT molecular complexity index is 1450. The number of carbonyl (C=O) groups excluding carboxylic acids is 1. The lowest BCUT2D eigenvalue weighted by Gasteiger charge is -2.18. The highest BCUT2D eigenvalue weighted by atomic mass is 19.4. The molecule has 0 bridgehead atoms. The van der Waals surface area contributed by atoms with Crippen LogP contribution in [0.25, 0.3) is 17.2 Å². The van der Waals surface area contributed by atoms with Gasteiger partial charge in [0.15, 0.2) is 5.82 Å². The molecule has 8 nitrogen and oxygen atoms in total. The highest BCUT2D eigenvalue weighted by Crippen LogP contribution is 2.32. The Kier molecular flexibility index (Phi) is 6.61. The molecule has 0 spiro atoms. The van der Waals surface area contributed by atoms with Gasteiger partial charge in [-0.2, -0.15) is 13.2 Å². The molecule has 3 heterocycles. The summed E-state index contributed by atoms with van der Waals surface area (Å²) in [6, 6.07) is 5.15. The van der Waals surface area contributed by atoms with Crippen molar-refractivity contribution in [1.82, 2.24) is 29.3 Å². The molecule has 37 heavy (non-hydrogen) atoms. The van der Waals surface area contributed by atoms with Crippen LogP contribution in [0.15, 0.2) is 49.2 Å². The zero-order chi connectivity index (χ0) is 27.1. The molecule has 4 aromatic rings. The molecule has 12 heteroatoms. The first-order chi connectivity index (χ1) is 17.3. The minimum Gasteiger partial charge on any atom is -0.306 e. The van der Waals surface area contributed by atoms with E-state index in [1.54, 1.807) is 17.8 Å². The number of hydrogen-bond acceptors (Lipinski definition) is 5. The van der Waals surface area contributed by atoms with Crippen LogP contribution in [0.3, 0.4) is 0 Å². The number of halogens is 4. The second-order valence-electron chi connectivity index (χ2n) is 9.68. The Morgan fingerprint density at radius 3 is 2.49 bits per heavy atom. The third-order valence-electron chi connectivity index (χ3n) is 5.84. The quantitative estimate of drug-likeness (QED) is 0.347. The third kappa shape index (κ3) is 5.37. The number of alkyl halides is 3. The molecule has 0 radical (unpaired) electrons. The number of rotatable bonds is 5. The molecular weight excluding hydrogens is 490 g/mol. The lowest BCUT2D eigenvalue weighted by molar-refractivity contribution is -0.162. The highest BCUT2D eigenvalue weighted by Gasteiger charge is 2.38. The van der Waals surface area contributed by atoms with E-state index in [2.05, 4.69) is 25.5 Å². The summed E-state index contributed by atoms with van der Waals surface area (Å²) < 4.78 is 57.1. The molecule has 194 valence electrons. The lowest BCUT2D eigenvalue weighted by Crippen LogP contribution is -2.24. The van der Waals surface area contributed by atoms with Gasteiger partial charge in [0.05, 0.1) is 23.3 Å². The van der Waals surface area contributed by atoms with E-state index in [1.807, 2.05) is 27.0 Å². The molecule has 0 saturated carbocycles. The number of anilines is 1. The van der Waals surface area contributed by atoms with Crippen molar-refractivity contribution < 1.29 is 22.4 Å². The van der Waals surface area contributed by atoms with Crippen molar-refractivity contribution >= 4 is 11.7 Å². The fourth-order valence-electron chi connectivity index (χ4n) is 3.63. The predicted molar refractivity (Wildman–Crippen MR) is 129 cm³/mol. The van der Waals surface area contributed by atoms with Gasteiger partial charge in [-0.05, 0) is 43.7 Å². The Morgan fingerprint density at radius 2 is 1.84 bits per heavy atom. The molecular formula is C25H25F4N7O. The monoisotopic (exact) mass is 515 g/mol. The highest BCUT2D eigenvalue weighted by molar-refractivity contribution is 6.04. The first-order valence-electron chi connectivity index (χ1n) is 11.4. The van der Waals surface area contributed by atoms with Gasteiger partial charge in [-0.25, -0.2) is 14.4 Å². The molecule has 0 aliphatic carbocycles. The van der Waals surface area contributed by atoms with Gasteiger partial charge < -0.3 is 14.5 Å². The number of benzene rings is 1. The Morgan fingerprint density at radius 1 is 1.11 bits per heavy atom. The molecule has 1 aromatic carbocycles. The predicted octanol–water partition coefficient (Wildman–Crippen LogP) is 5.65. The number of hydrogen-bond donors (Lipinski definition) is 1. The van der Waals surface area contributed by atoms with E-state index in [9.17, 15) is 22.4 Å². The molecule has 1 amide bonds. The maximum absolute atomic E-state index is 14.8. The third-order valence-corrected chi connectivity index (χ3v) is 5.84. The molecule has 0 unspecified atom stereocenters. The standard InChI is InChI=1S/C25H25F4N7O/c1-14-9-17(26)16(10-19(14)35-11-20(30-12-35)24(3,4)5)23(37)33-21-8-6-7-18(32-21)22-34-31-13-36(22)15(2)25(27,28)29/h6-13,15H,1-5H3,(H,32,33,37)/t15-/m0/s1. The summed E-state index contributed by atoms with van der Waals surface area (Å²) in [5, 5.41) is 9.84. The van der Waals surface area contributed by atoms with E-state index < -0.39 is 23.9 Å². The van der Waals surface area contributed by atoms with Gasteiger partial charge in [0.2, 0.25) is 0 Å². The first-order valence-corrected chi connectivity index (χ1v) is 11.4. The smallest absolute Gasteiger partial charge is 0.306 e. The summed E-state index contributed by atoms with van der Waals surface area (Å²) in [6.45, 7) is 8.75. The first kappa shape index (κ1) is 26.0. The van der Waals surface area contributed by atoms with E-state index in [0.29, 0.717) is 11.3 Å². The zero-order valence-electron chi connectivity index (χ0n) is 20.8. The fraction of sp³-hybridized carbons (Fsp3) is 0.320. The van der Waals surface area contributed by atoms with E-state index in [4.69, 9.17) is 0 Å². The SMILES string of the molecule is Cc1cc(F)c(C(=O)Nc2cccc(-c3nncn3[C@@H](C)C(F)(F)F)n2)cc1-n1cnc(C(C)(C)C)c1. The van der Waals surface area contributed by atoms with Crippen molar-refractivity contribution in [2.45, 2.75) is 52.3 Å². The van der Waals surface area contributed by atoms with Crippen LogP contribution in [0, 0.1) is 12.7 Å². The normalized spacial score (nSPS) is 13.0. The number of aryl methyl sites for hydroxylation is 1. The number of amides is 1. The topological polar surface area (TPSA) is 90.5 Å². The van der Waals surface area contributed by atoms with Gasteiger partial charge in [0, 0.05) is 11.6 Å². The summed E-state index contributed by atoms with van der Waals surface area (Å²) in [7, 11) is 0. The van der Waals surface area contributed by atoms with Crippen molar-refractivity contribution in [1.29, 1.82) is 0 Å². The van der Waals surface area contributed by atoms with E-state index in [-0.39, 0.29) is 28.3 Å². The average Bonchev–Trinajstić information content (AvgIpc) is 3.48. The number of pyridine rings is 1. The van der Waals surface area contributed by atoms with Crippen LogP contribution in [0.4, 0.5) is 23.4 Å². The molecule has 1 N–H and O–H groups in total. The van der Waals surface area contributed by atoms with Crippen LogP contribution < -0.4 is 5.32 Å². The van der Waals surface area contributed by atoms with Crippen molar-refractivity contribution in [3.05, 3.63) is 71.8 Å². The Balaban J connectivity index is 1.63. The molecule has 4 rings (SSSR count). The molecule has 0 aliphatic heterocycles. The summed E-state index contributed by atoms with van der Waals surface area (Å²) in [4.78, 5) is 21.6. The van der Waals surface area contributed by atoms with Crippen LogP contribution in [-0.2, 0) is 5.41 Å². The number of nitrogens with zero attached hydrogens (tertiary/aromatic N) is 6. The summed E-state index contributed by atoms with van der Waals surface area (Å²) in [5.41, 5.74) is 1.64. The largest absolute Gasteiger partial charge is 0.408 e. The summed E-state index contributed by atoms with van der Waals surface area (Å²) >= 11 is 0. The second-order valence-corrected chi connectivity index (χ2v) is 9.68. The van der Waals surface area contributed by atoms with E-state index in [1.165, 1.54) is 30.3 Å². The molecule has 1 atom stereocenters. The van der Waals surface area contributed by atoms with Crippen molar-refractivity contribution in [3.8, 4) is 17.2 Å². The maximum atomic E-state index is 14.8. The number of imidazole rings is 1. The van der Waals surface area contributed by atoms with E-state index in [0.717, 1.165) is 23.5 Å². The van der Waals surface area contributed by atoms with Crippen LogP contribution >= 0.6 is 0 Å². The lowest BCUT2D eigenvalue weighted by atomic mass is 9.93. The minimum absolute atomic E-state index is 0.0101. The maximum Gasteiger partial charge on any atom is 0.408 e. The Labute approximate surface area is 210 Å². The van der Waals surface area contributed by atoms with Gasteiger partial charge in [-0.1, -0.05) is 26.8 Å². The molecule has 0 fully saturated rings. The van der Waals surface area contributed by atoms with Gasteiger partial charge in [-0.3, -0.25) is 4.79 Å². The van der Waals surface area contributed by atoms with Gasteiger partial charge >= 0.3 is 6.18 Å². The average molecular weight is 516 g/mol. The van der Waals surface area contributed by atoms with Gasteiger partial charge in [-0.15, -0.1) is 10.2 Å². The molecule has 0 aliphatic rings. The molecule has 0 saturated heterocycles.